The van der Waals surface area contributed by atoms with Crippen LogP contribution in [0.25, 0.3) is 0 Å². The molecule has 2 aliphatic rings. The molecule has 1 aromatic heterocycles. The highest BCUT2D eigenvalue weighted by Gasteiger charge is 2.45. The molecule has 3 aromatic rings. The maximum atomic E-state index is 15.4. The molecule has 0 bridgehead atoms. The number of ether oxygens (including phenoxy) is 1. The molecule has 37 heavy (non-hydrogen) atoms. The Hall–Kier alpha value is -3.41. The summed E-state index contributed by atoms with van der Waals surface area (Å²) < 4.78 is 69.1. The minimum Gasteiger partial charge on any atom is -0.376 e. The van der Waals surface area contributed by atoms with Crippen LogP contribution in [0.2, 0.25) is 0 Å². The van der Waals surface area contributed by atoms with Crippen LogP contribution in [0.1, 0.15) is 45.3 Å². The lowest BCUT2D eigenvalue weighted by atomic mass is 9.86. The largest absolute Gasteiger partial charge is 0.376 e. The highest BCUT2D eigenvalue weighted by Crippen LogP contribution is 2.39. The average molecular weight is 530 g/mol. The summed E-state index contributed by atoms with van der Waals surface area (Å²) in [6.07, 6.45) is 3.63. The molecule has 1 N–H and O–H groups in total. The maximum absolute atomic E-state index is 15.4. The van der Waals surface area contributed by atoms with Crippen LogP contribution in [0.4, 0.5) is 8.78 Å². The van der Waals surface area contributed by atoms with Crippen LogP contribution in [0, 0.1) is 11.6 Å². The molecule has 11 heteroatoms. The van der Waals surface area contributed by atoms with Gasteiger partial charge in [-0.1, -0.05) is 41.6 Å². The Morgan fingerprint density at radius 2 is 1.92 bits per heavy atom. The first kappa shape index (κ1) is 25.2. The Morgan fingerprint density at radius 3 is 2.54 bits per heavy atom. The first-order valence-corrected chi connectivity index (χ1v) is 13.2. The number of nitrogens with one attached hydrogen (secondary N) is 1. The van der Waals surface area contributed by atoms with E-state index in [-0.39, 0.29) is 36.6 Å². The van der Waals surface area contributed by atoms with Gasteiger partial charge in [0.05, 0.1) is 13.2 Å². The first-order valence-electron chi connectivity index (χ1n) is 11.7. The molecule has 5 rings (SSSR count). The van der Waals surface area contributed by atoms with E-state index in [1.165, 1.54) is 22.7 Å². The van der Waals surface area contributed by atoms with E-state index in [2.05, 4.69) is 21.6 Å². The van der Waals surface area contributed by atoms with Crippen LogP contribution >= 0.6 is 0 Å². The monoisotopic (exact) mass is 529 g/mol. The standard InChI is InChI=1S/C26H25F2N3O5S/c1-2-19-8-9-24(17-6-4-3-5-7-17)37(33,34)31(19)14-18-12-22(28)20(13-21(18)27)26(15-35-16-26)29-25(32)23-10-11-36-30-23/h2-7,10-13,19,24H,1,8-9,14-16H2,(H,29,32)/t19-,24+/m0/s1. The van der Waals surface area contributed by atoms with E-state index in [1.807, 2.05) is 0 Å². The number of hydrogen-bond acceptors (Lipinski definition) is 6. The van der Waals surface area contributed by atoms with Gasteiger partial charge in [0, 0.05) is 29.8 Å². The van der Waals surface area contributed by atoms with Crippen molar-refractivity contribution in [3.05, 3.63) is 101 Å². The second-order valence-corrected chi connectivity index (χ2v) is 11.3. The van der Waals surface area contributed by atoms with E-state index in [0.717, 1.165) is 12.1 Å². The summed E-state index contributed by atoms with van der Waals surface area (Å²) in [5, 5.41) is 5.43. The van der Waals surface area contributed by atoms with Crippen molar-refractivity contribution in [2.45, 2.75) is 36.2 Å². The number of halogens is 2. The molecule has 2 fully saturated rings. The van der Waals surface area contributed by atoms with Gasteiger partial charge < -0.3 is 14.6 Å². The second-order valence-electron chi connectivity index (χ2n) is 9.21. The number of nitrogens with zero attached hydrogens (tertiary/aromatic N) is 2. The minimum absolute atomic E-state index is 0.0116. The van der Waals surface area contributed by atoms with E-state index < -0.39 is 44.4 Å². The van der Waals surface area contributed by atoms with Gasteiger partial charge in [0.25, 0.3) is 5.91 Å². The van der Waals surface area contributed by atoms with Gasteiger partial charge in [-0.2, -0.15) is 4.31 Å². The minimum atomic E-state index is -3.90. The van der Waals surface area contributed by atoms with E-state index in [4.69, 9.17) is 4.74 Å². The van der Waals surface area contributed by atoms with E-state index in [0.29, 0.717) is 18.4 Å². The van der Waals surface area contributed by atoms with Gasteiger partial charge in [-0.3, -0.25) is 4.79 Å². The number of sulfonamides is 1. The predicted molar refractivity (Wildman–Crippen MR) is 130 cm³/mol. The molecule has 0 saturated carbocycles. The molecular formula is C26H25F2N3O5S. The Morgan fingerprint density at radius 1 is 1.16 bits per heavy atom. The van der Waals surface area contributed by atoms with Crippen molar-refractivity contribution < 1.29 is 31.3 Å². The lowest BCUT2D eigenvalue weighted by Crippen LogP contribution is -2.60. The van der Waals surface area contributed by atoms with Crippen molar-refractivity contribution in [1.82, 2.24) is 14.8 Å². The number of benzene rings is 2. The van der Waals surface area contributed by atoms with Gasteiger partial charge in [-0.05, 0) is 30.5 Å². The third kappa shape index (κ3) is 4.58. The third-order valence-corrected chi connectivity index (χ3v) is 9.20. The van der Waals surface area contributed by atoms with E-state index >= 15 is 8.78 Å². The number of aromatic nitrogens is 1. The highest BCUT2D eigenvalue weighted by molar-refractivity contribution is 7.89. The van der Waals surface area contributed by atoms with Gasteiger partial charge in [0.2, 0.25) is 10.0 Å². The average Bonchev–Trinajstić information content (AvgIpc) is 3.40. The van der Waals surface area contributed by atoms with Crippen molar-refractivity contribution in [1.29, 1.82) is 0 Å². The third-order valence-electron chi connectivity index (χ3n) is 6.92. The van der Waals surface area contributed by atoms with Gasteiger partial charge in [0.1, 0.15) is 28.7 Å². The topological polar surface area (TPSA) is 102 Å². The van der Waals surface area contributed by atoms with Crippen molar-refractivity contribution in [3.8, 4) is 0 Å². The molecule has 0 spiro atoms. The molecule has 0 aliphatic carbocycles. The maximum Gasteiger partial charge on any atom is 0.274 e. The van der Waals surface area contributed by atoms with Crippen LogP contribution in [0.15, 0.2) is 72.0 Å². The van der Waals surface area contributed by atoms with Crippen molar-refractivity contribution in [3.63, 3.8) is 0 Å². The van der Waals surface area contributed by atoms with E-state index in [1.54, 1.807) is 30.3 Å². The van der Waals surface area contributed by atoms with E-state index in [9.17, 15) is 13.2 Å². The van der Waals surface area contributed by atoms with Crippen LogP contribution in [0.3, 0.4) is 0 Å². The number of carbonyl (C=O) groups is 1. The molecule has 2 aliphatic heterocycles. The number of amides is 1. The van der Waals surface area contributed by atoms with Crippen LogP contribution in [0.5, 0.6) is 0 Å². The summed E-state index contributed by atoms with van der Waals surface area (Å²) in [6.45, 7) is 3.26. The first-order chi connectivity index (χ1) is 17.7. The van der Waals surface area contributed by atoms with Crippen molar-refractivity contribution in [2.75, 3.05) is 13.2 Å². The summed E-state index contributed by atoms with van der Waals surface area (Å²) in [5.41, 5.74) is -0.877. The summed E-state index contributed by atoms with van der Waals surface area (Å²) in [6, 6.07) is 11.6. The SMILES string of the molecule is C=C[C@H]1CC[C@H](c2ccccc2)S(=O)(=O)N1Cc1cc(F)c(C2(NC(=O)c3ccon3)COC2)cc1F. The van der Waals surface area contributed by atoms with Gasteiger partial charge in [0.15, 0.2) is 5.69 Å². The molecule has 8 nitrogen and oxygen atoms in total. The molecule has 194 valence electrons. The molecule has 0 radical (unpaired) electrons. The zero-order valence-corrected chi connectivity index (χ0v) is 20.6. The molecular weight excluding hydrogens is 504 g/mol. The van der Waals surface area contributed by atoms with Crippen LogP contribution in [-0.4, -0.2) is 43.0 Å². The lowest BCUT2D eigenvalue weighted by Gasteiger charge is -2.42. The van der Waals surface area contributed by atoms with Crippen molar-refractivity contribution >= 4 is 15.9 Å². The zero-order chi connectivity index (χ0) is 26.2. The van der Waals surface area contributed by atoms with Crippen molar-refractivity contribution in [2.24, 2.45) is 0 Å². The second kappa shape index (κ2) is 9.81. The molecule has 3 heterocycles. The highest BCUT2D eigenvalue weighted by atomic mass is 32.2. The quantitative estimate of drug-likeness (QED) is 0.467. The fourth-order valence-corrected chi connectivity index (χ4v) is 7.02. The fraction of sp³-hybridized carbons (Fsp3) is 0.308. The van der Waals surface area contributed by atoms with Gasteiger partial charge >= 0.3 is 0 Å². The predicted octanol–water partition coefficient (Wildman–Crippen LogP) is 3.83. The fourth-order valence-electron chi connectivity index (χ4n) is 4.87. The molecule has 2 atom stereocenters. The van der Waals surface area contributed by atoms with Gasteiger partial charge in [-0.15, -0.1) is 6.58 Å². The Balaban J connectivity index is 1.44. The normalized spacial score (nSPS) is 22.6. The Kier molecular flexibility index (Phi) is 6.69. The molecule has 1 amide bonds. The molecule has 2 saturated heterocycles. The summed E-state index contributed by atoms with van der Waals surface area (Å²) >= 11 is 0. The Labute approximate surface area is 213 Å². The number of hydrogen-bond donors (Lipinski definition) is 1. The molecule has 2 aromatic carbocycles. The van der Waals surface area contributed by atoms with Crippen LogP contribution < -0.4 is 5.32 Å². The van der Waals surface area contributed by atoms with Gasteiger partial charge in [-0.25, -0.2) is 17.2 Å². The lowest BCUT2D eigenvalue weighted by molar-refractivity contribution is -0.0751. The zero-order valence-electron chi connectivity index (χ0n) is 19.8. The summed E-state index contributed by atoms with van der Waals surface area (Å²) in [4.78, 5) is 12.5. The molecule has 0 unspecified atom stereocenters. The number of rotatable bonds is 7. The summed E-state index contributed by atoms with van der Waals surface area (Å²) in [7, 11) is -3.90. The van der Waals surface area contributed by atoms with Crippen LogP contribution in [-0.2, 0) is 26.8 Å². The summed E-state index contributed by atoms with van der Waals surface area (Å²) in [5.74, 6) is -2.20. The number of carbonyl (C=O) groups excluding carboxylic acids is 1. The Bertz CT molecular complexity index is 1410. The smallest absolute Gasteiger partial charge is 0.274 e.